The number of halogens is 1. The number of rotatable bonds is 6. The number of ether oxygens (including phenoxy) is 1. The molecule has 1 saturated carbocycles. The van der Waals surface area contributed by atoms with E-state index in [2.05, 4.69) is 25.9 Å². The smallest absolute Gasteiger partial charge is 0.254 e. The zero-order chi connectivity index (χ0) is 22.2. The van der Waals surface area contributed by atoms with E-state index in [0.29, 0.717) is 28.8 Å². The van der Waals surface area contributed by atoms with Crippen molar-refractivity contribution < 1.29 is 13.9 Å². The maximum atomic E-state index is 15.2. The second-order valence-corrected chi connectivity index (χ2v) is 8.27. The molecule has 0 aromatic carbocycles. The summed E-state index contributed by atoms with van der Waals surface area (Å²) in [4.78, 5) is 21.4. The summed E-state index contributed by atoms with van der Waals surface area (Å²) in [6, 6.07) is 3.14. The van der Waals surface area contributed by atoms with Gasteiger partial charge >= 0.3 is 0 Å². The molecule has 10 heteroatoms. The second-order valence-electron chi connectivity index (χ2n) is 8.27. The molecule has 1 aliphatic heterocycles. The van der Waals surface area contributed by atoms with Crippen molar-refractivity contribution in [2.24, 2.45) is 0 Å². The van der Waals surface area contributed by atoms with E-state index in [9.17, 15) is 4.79 Å². The molecule has 5 rings (SSSR count). The van der Waals surface area contributed by atoms with E-state index >= 15 is 4.39 Å². The number of hydrogen-bond acceptors (Lipinski definition) is 7. The SMILES string of the molecule is CNC(=O)c1cc(F)c(-c2cnc3cc(OC)c(C4CC4)nn23)nc1N[C@H]1CCCNC1. The Hall–Kier alpha value is -3.27. The molecule has 0 spiro atoms. The summed E-state index contributed by atoms with van der Waals surface area (Å²) in [6.07, 6.45) is 5.61. The molecular formula is C22H26FN7O2. The van der Waals surface area contributed by atoms with Gasteiger partial charge < -0.3 is 20.7 Å². The fourth-order valence-corrected chi connectivity index (χ4v) is 4.13. The van der Waals surface area contributed by atoms with Crippen LogP contribution in [0.15, 0.2) is 18.3 Å². The second kappa shape index (κ2) is 8.34. The molecule has 3 aromatic heterocycles. The van der Waals surface area contributed by atoms with Gasteiger partial charge in [0, 0.05) is 31.6 Å². The van der Waals surface area contributed by atoms with Gasteiger partial charge in [0.2, 0.25) is 0 Å². The number of anilines is 1. The van der Waals surface area contributed by atoms with Gasteiger partial charge in [-0.05, 0) is 38.3 Å². The molecule has 2 aliphatic rings. The summed E-state index contributed by atoms with van der Waals surface area (Å²) < 4.78 is 22.3. The van der Waals surface area contributed by atoms with Crippen LogP contribution in [0.5, 0.6) is 5.75 Å². The van der Waals surface area contributed by atoms with Crippen molar-refractivity contribution in [1.29, 1.82) is 0 Å². The molecule has 0 bridgehead atoms. The predicted molar refractivity (Wildman–Crippen MR) is 118 cm³/mol. The third-order valence-corrected chi connectivity index (χ3v) is 6.00. The zero-order valence-corrected chi connectivity index (χ0v) is 18.1. The van der Waals surface area contributed by atoms with Gasteiger partial charge in [0.05, 0.1) is 18.9 Å². The Bertz CT molecular complexity index is 1170. The number of fused-ring (bicyclic) bond motifs is 1. The van der Waals surface area contributed by atoms with Gasteiger partial charge in [0.25, 0.3) is 5.91 Å². The highest BCUT2D eigenvalue weighted by Crippen LogP contribution is 2.43. The molecule has 32 heavy (non-hydrogen) atoms. The molecular weight excluding hydrogens is 413 g/mol. The lowest BCUT2D eigenvalue weighted by atomic mass is 10.1. The number of methoxy groups -OCH3 is 1. The standard InChI is InChI=1S/C22H26FN7O2/c1-24-22(31)14-8-15(23)20(28-21(14)27-13-4-3-7-25-10-13)16-11-26-18-9-17(32-2)19(12-5-6-12)29-30(16)18/h8-9,11-13,25H,3-7,10H2,1-2H3,(H,24,31)(H,27,28)/t13-/m0/s1. The van der Waals surface area contributed by atoms with Crippen molar-refractivity contribution in [3.63, 3.8) is 0 Å². The summed E-state index contributed by atoms with van der Waals surface area (Å²) in [5, 5.41) is 13.9. The Balaban J connectivity index is 1.61. The van der Waals surface area contributed by atoms with E-state index in [1.807, 2.05) is 6.07 Å². The van der Waals surface area contributed by atoms with E-state index < -0.39 is 11.7 Å². The molecule has 1 atom stereocenters. The Morgan fingerprint density at radius 1 is 1.31 bits per heavy atom. The highest BCUT2D eigenvalue weighted by molar-refractivity contribution is 5.99. The van der Waals surface area contributed by atoms with E-state index in [1.165, 1.54) is 13.1 Å². The number of aromatic nitrogens is 4. The number of amides is 1. The minimum absolute atomic E-state index is 0.0934. The van der Waals surface area contributed by atoms with Gasteiger partial charge in [-0.1, -0.05) is 0 Å². The van der Waals surface area contributed by atoms with Crippen molar-refractivity contribution in [1.82, 2.24) is 30.2 Å². The molecule has 1 amide bonds. The van der Waals surface area contributed by atoms with Gasteiger partial charge in [0.15, 0.2) is 11.5 Å². The maximum Gasteiger partial charge on any atom is 0.254 e. The first-order valence-electron chi connectivity index (χ1n) is 10.9. The Kier molecular flexibility index (Phi) is 5.38. The summed E-state index contributed by atoms with van der Waals surface area (Å²) in [5.74, 6) is 0.372. The van der Waals surface area contributed by atoms with Crippen LogP contribution in [0.3, 0.4) is 0 Å². The van der Waals surface area contributed by atoms with Crippen molar-refractivity contribution in [3.05, 3.63) is 35.4 Å². The molecule has 1 saturated heterocycles. The van der Waals surface area contributed by atoms with E-state index in [1.54, 1.807) is 17.8 Å². The molecule has 1 aliphatic carbocycles. The Labute approximate surface area is 184 Å². The number of nitrogens with zero attached hydrogens (tertiary/aromatic N) is 4. The number of piperidine rings is 1. The lowest BCUT2D eigenvalue weighted by molar-refractivity contribution is 0.0963. The number of carbonyl (C=O) groups excluding carboxylic acids is 1. The quantitative estimate of drug-likeness (QED) is 0.541. The first-order chi connectivity index (χ1) is 15.6. The first kappa shape index (κ1) is 20.6. The van der Waals surface area contributed by atoms with Crippen LogP contribution in [-0.2, 0) is 0 Å². The molecule has 2 fully saturated rings. The summed E-state index contributed by atoms with van der Waals surface area (Å²) in [6.45, 7) is 1.71. The number of hydrogen-bond donors (Lipinski definition) is 3. The minimum Gasteiger partial charge on any atom is -0.495 e. The fraction of sp³-hybridized carbons (Fsp3) is 0.455. The molecule has 0 radical (unpaired) electrons. The van der Waals surface area contributed by atoms with Crippen LogP contribution in [-0.4, -0.2) is 58.8 Å². The number of nitrogens with one attached hydrogen (secondary N) is 3. The Morgan fingerprint density at radius 2 is 2.16 bits per heavy atom. The summed E-state index contributed by atoms with van der Waals surface area (Å²) >= 11 is 0. The topological polar surface area (TPSA) is 105 Å². The molecule has 3 aromatic rings. The summed E-state index contributed by atoms with van der Waals surface area (Å²) in [7, 11) is 3.13. The van der Waals surface area contributed by atoms with Crippen molar-refractivity contribution in [2.75, 3.05) is 32.6 Å². The van der Waals surface area contributed by atoms with Crippen LogP contribution in [0.1, 0.15) is 47.7 Å². The average molecular weight is 439 g/mol. The van der Waals surface area contributed by atoms with Crippen LogP contribution in [0, 0.1) is 5.82 Å². The highest BCUT2D eigenvalue weighted by atomic mass is 19.1. The van der Waals surface area contributed by atoms with E-state index in [4.69, 9.17) is 9.84 Å². The van der Waals surface area contributed by atoms with Crippen LogP contribution < -0.4 is 20.7 Å². The number of pyridine rings is 1. The third kappa shape index (κ3) is 3.75. The normalized spacial score (nSPS) is 18.5. The van der Waals surface area contributed by atoms with Crippen molar-refractivity contribution >= 4 is 17.4 Å². The lowest BCUT2D eigenvalue weighted by Gasteiger charge is -2.25. The first-order valence-corrected chi connectivity index (χ1v) is 10.9. The van der Waals surface area contributed by atoms with Crippen molar-refractivity contribution in [3.8, 4) is 17.1 Å². The van der Waals surface area contributed by atoms with Gasteiger partial charge in [-0.3, -0.25) is 4.79 Å². The van der Waals surface area contributed by atoms with E-state index in [-0.39, 0.29) is 17.3 Å². The van der Waals surface area contributed by atoms with E-state index in [0.717, 1.165) is 44.5 Å². The lowest BCUT2D eigenvalue weighted by Crippen LogP contribution is -2.39. The molecule has 3 N–H and O–H groups in total. The van der Waals surface area contributed by atoms with Crippen LogP contribution in [0.2, 0.25) is 0 Å². The average Bonchev–Trinajstić information content (AvgIpc) is 3.59. The Morgan fingerprint density at radius 3 is 2.84 bits per heavy atom. The van der Waals surface area contributed by atoms with Gasteiger partial charge in [-0.25, -0.2) is 18.9 Å². The largest absolute Gasteiger partial charge is 0.495 e. The van der Waals surface area contributed by atoms with Gasteiger partial charge in [-0.15, -0.1) is 0 Å². The molecule has 168 valence electrons. The predicted octanol–water partition coefficient (Wildman–Crippen LogP) is 2.34. The fourth-order valence-electron chi connectivity index (χ4n) is 4.13. The van der Waals surface area contributed by atoms with Gasteiger partial charge in [-0.2, -0.15) is 5.10 Å². The van der Waals surface area contributed by atoms with Crippen LogP contribution in [0.25, 0.3) is 17.0 Å². The highest BCUT2D eigenvalue weighted by Gasteiger charge is 2.30. The van der Waals surface area contributed by atoms with Crippen LogP contribution >= 0.6 is 0 Å². The molecule has 9 nitrogen and oxygen atoms in total. The van der Waals surface area contributed by atoms with Crippen molar-refractivity contribution in [2.45, 2.75) is 37.6 Å². The third-order valence-electron chi connectivity index (χ3n) is 6.00. The monoisotopic (exact) mass is 439 g/mol. The maximum absolute atomic E-state index is 15.2. The summed E-state index contributed by atoms with van der Waals surface area (Å²) in [5.41, 5.74) is 2.07. The number of imidazole rings is 1. The zero-order valence-electron chi connectivity index (χ0n) is 18.1. The molecule has 0 unspecified atom stereocenters. The minimum atomic E-state index is -0.608. The number of carbonyl (C=O) groups is 1. The molecule has 4 heterocycles. The van der Waals surface area contributed by atoms with Gasteiger partial charge in [0.1, 0.15) is 28.6 Å². The van der Waals surface area contributed by atoms with Crippen LogP contribution in [0.4, 0.5) is 10.2 Å².